The molecule has 0 saturated carbocycles. The third kappa shape index (κ3) is 4.21. The summed E-state index contributed by atoms with van der Waals surface area (Å²) in [4.78, 5) is 17.3. The van der Waals surface area contributed by atoms with E-state index >= 15 is 0 Å². The SMILES string of the molecule is Cc1nc(NN)nc(NCCC(F)(F)F)c1[N+](=O)[O-]. The second-order valence-corrected chi connectivity index (χ2v) is 3.52. The molecule has 0 unspecified atom stereocenters. The van der Waals surface area contributed by atoms with Crippen LogP contribution in [0, 0.1) is 17.0 Å². The molecule has 106 valence electrons. The Labute approximate surface area is 105 Å². The van der Waals surface area contributed by atoms with Crippen molar-refractivity contribution in [1.82, 2.24) is 9.97 Å². The van der Waals surface area contributed by atoms with E-state index in [1.807, 2.05) is 0 Å². The van der Waals surface area contributed by atoms with Gasteiger partial charge in [0.15, 0.2) is 0 Å². The molecule has 0 aromatic carbocycles. The molecule has 1 heterocycles. The summed E-state index contributed by atoms with van der Waals surface area (Å²) in [6.45, 7) is 0.792. The molecule has 11 heteroatoms. The van der Waals surface area contributed by atoms with Crippen molar-refractivity contribution in [1.29, 1.82) is 0 Å². The van der Waals surface area contributed by atoms with E-state index in [1.54, 1.807) is 0 Å². The molecule has 1 aromatic heterocycles. The summed E-state index contributed by atoms with van der Waals surface area (Å²) < 4.78 is 36.0. The minimum absolute atomic E-state index is 0.0116. The van der Waals surface area contributed by atoms with Crippen molar-refractivity contribution in [3.05, 3.63) is 15.8 Å². The Kier molecular flexibility index (Phi) is 4.43. The van der Waals surface area contributed by atoms with Crippen molar-refractivity contribution in [3.8, 4) is 0 Å². The highest BCUT2D eigenvalue weighted by Gasteiger charge is 2.28. The van der Waals surface area contributed by atoms with Crippen molar-refractivity contribution >= 4 is 17.5 Å². The van der Waals surface area contributed by atoms with Gasteiger partial charge in [0.25, 0.3) is 0 Å². The number of nitrogen functional groups attached to an aromatic ring is 1. The summed E-state index contributed by atoms with van der Waals surface area (Å²) in [6, 6.07) is 0. The molecule has 1 aromatic rings. The van der Waals surface area contributed by atoms with E-state index in [0.29, 0.717) is 0 Å². The van der Waals surface area contributed by atoms with Crippen LogP contribution in [-0.4, -0.2) is 27.6 Å². The van der Waals surface area contributed by atoms with E-state index in [4.69, 9.17) is 5.84 Å². The minimum atomic E-state index is -4.36. The zero-order chi connectivity index (χ0) is 14.6. The van der Waals surface area contributed by atoms with Crippen molar-refractivity contribution in [2.24, 2.45) is 5.84 Å². The smallest absolute Gasteiger partial charge is 0.364 e. The van der Waals surface area contributed by atoms with Gasteiger partial charge in [0.05, 0.1) is 11.3 Å². The fourth-order valence-electron chi connectivity index (χ4n) is 1.30. The Morgan fingerprint density at radius 3 is 2.53 bits per heavy atom. The largest absolute Gasteiger partial charge is 0.390 e. The van der Waals surface area contributed by atoms with Crippen LogP contribution in [0.2, 0.25) is 0 Å². The maximum atomic E-state index is 12.0. The summed E-state index contributed by atoms with van der Waals surface area (Å²) in [5.74, 6) is 4.62. The topological polar surface area (TPSA) is 119 Å². The van der Waals surface area contributed by atoms with E-state index < -0.39 is 29.8 Å². The van der Waals surface area contributed by atoms with Crippen LogP contribution >= 0.6 is 0 Å². The van der Waals surface area contributed by atoms with E-state index in [1.165, 1.54) is 6.92 Å². The predicted molar refractivity (Wildman–Crippen MR) is 60.4 cm³/mol. The van der Waals surface area contributed by atoms with Gasteiger partial charge in [0.1, 0.15) is 5.69 Å². The molecule has 0 aliphatic carbocycles. The number of nitrogens with zero attached hydrogens (tertiary/aromatic N) is 3. The summed E-state index contributed by atoms with van der Waals surface area (Å²) in [7, 11) is 0. The van der Waals surface area contributed by atoms with Gasteiger partial charge in [-0.25, -0.2) is 10.8 Å². The van der Waals surface area contributed by atoms with Crippen LogP contribution in [0.3, 0.4) is 0 Å². The average molecular weight is 280 g/mol. The third-order valence-corrected chi connectivity index (χ3v) is 2.07. The Hall–Kier alpha value is -2.17. The highest BCUT2D eigenvalue weighted by Crippen LogP contribution is 2.27. The number of rotatable bonds is 5. The molecule has 0 aliphatic rings. The number of hydrogen-bond donors (Lipinski definition) is 3. The zero-order valence-electron chi connectivity index (χ0n) is 9.78. The third-order valence-electron chi connectivity index (χ3n) is 2.07. The lowest BCUT2D eigenvalue weighted by atomic mass is 10.3. The maximum Gasteiger partial charge on any atom is 0.390 e. The Morgan fingerprint density at radius 2 is 2.05 bits per heavy atom. The number of hydrogen-bond acceptors (Lipinski definition) is 7. The number of nitrogens with two attached hydrogens (primary N) is 1. The van der Waals surface area contributed by atoms with E-state index in [9.17, 15) is 23.3 Å². The molecule has 19 heavy (non-hydrogen) atoms. The molecule has 0 aliphatic heterocycles. The summed E-state index contributed by atoms with van der Waals surface area (Å²) in [5.41, 5.74) is 1.58. The highest BCUT2D eigenvalue weighted by molar-refractivity contribution is 5.60. The molecule has 0 saturated heterocycles. The first kappa shape index (κ1) is 14.9. The Morgan fingerprint density at radius 1 is 1.42 bits per heavy atom. The number of hydrazine groups is 1. The first-order chi connectivity index (χ1) is 8.74. The van der Waals surface area contributed by atoms with E-state index in [0.717, 1.165) is 0 Å². The molecule has 8 nitrogen and oxygen atoms in total. The van der Waals surface area contributed by atoms with Crippen LogP contribution in [0.1, 0.15) is 12.1 Å². The van der Waals surface area contributed by atoms with Gasteiger partial charge in [-0.15, -0.1) is 0 Å². The fraction of sp³-hybridized carbons (Fsp3) is 0.500. The van der Waals surface area contributed by atoms with Crippen LogP contribution in [0.25, 0.3) is 0 Å². The molecule has 0 bridgehead atoms. The average Bonchev–Trinajstić information content (AvgIpc) is 2.25. The summed E-state index contributed by atoms with van der Waals surface area (Å²) >= 11 is 0. The monoisotopic (exact) mass is 280 g/mol. The zero-order valence-corrected chi connectivity index (χ0v) is 9.78. The lowest BCUT2D eigenvalue weighted by Gasteiger charge is -2.10. The van der Waals surface area contributed by atoms with E-state index in [-0.39, 0.29) is 17.5 Å². The normalized spacial score (nSPS) is 11.2. The number of nitro groups is 1. The Balaban J connectivity index is 2.96. The first-order valence-electron chi connectivity index (χ1n) is 5.05. The number of aryl methyl sites for hydroxylation is 1. The Bertz CT molecular complexity index is 478. The van der Waals surface area contributed by atoms with Gasteiger partial charge < -0.3 is 5.32 Å². The molecule has 0 atom stereocenters. The number of anilines is 2. The minimum Gasteiger partial charge on any atom is -0.364 e. The summed E-state index contributed by atoms with van der Waals surface area (Å²) in [5, 5.41) is 13.1. The lowest BCUT2D eigenvalue weighted by Crippen LogP contribution is -2.18. The van der Waals surface area contributed by atoms with Crippen molar-refractivity contribution in [3.63, 3.8) is 0 Å². The van der Waals surface area contributed by atoms with Gasteiger partial charge in [-0.3, -0.25) is 15.5 Å². The second kappa shape index (κ2) is 5.65. The molecule has 0 spiro atoms. The van der Waals surface area contributed by atoms with Crippen molar-refractivity contribution in [2.75, 3.05) is 17.3 Å². The molecular formula is C8H11F3N6O2. The van der Waals surface area contributed by atoms with E-state index in [2.05, 4.69) is 20.7 Å². The second-order valence-electron chi connectivity index (χ2n) is 3.52. The number of nitrogens with one attached hydrogen (secondary N) is 2. The van der Waals surface area contributed by atoms with Gasteiger partial charge in [-0.1, -0.05) is 0 Å². The number of halogens is 3. The predicted octanol–water partition coefficient (Wildman–Crippen LogP) is 1.34. The molecule has 4 N–H and O–H groups in total. The summed E-state index contributed by atoms with van der Waals surface area (Å²) in [6.07, 6.45) is -5.50. The van der Waals surface area contributed by atoms with Gasteiger partial charge in [-0.2, -0.15) is 18.2 Å². The molecule has 0 amide bonds. The van der Waals surface area contributed by atoms with Crippen LogP contribution in [0.15, 0.2) is 0 Å². The van der Waals surface area contributed by atoms with Gasteiger partial charge in [0.2, 0.25) is 11.8 Å². The van der Waals surface area contributed by atoms with Crippen molar-refractivity contribution < 1.29 is 18.1 Å². The first-order valence-corrected chi connectivity index (χ1v) is 5.05. The standard InChI is InChI=1S/C8H11F3N6O2/c1-4-5(17(18)19)6(15-7(14-4)16-12)13-3-2-8(9,10)11/h2-3,12H2,1H3,(H2,13,14,15,16). The van der Waals surface area contributed by atoms with Crippen LogP contribution < -0.4 is 16.6 Å². The molecule has 0 fully saturated rings. The van der Waals surface area contributed by atoms with Gasteiger partial charge in [-0.05, 0) is 6.92 Å². The fourth-order valence-corrected chi connectivity index (χ4v) is 1.30. The molecule has 1 rings (SSSR count). The van der Waals surface area contributed by atoms with Gasteiger partial charge >= 0.3 is 11.9 Å². The maximum absolute atomic E-state index is 12.0. The van der Waals surface area contributed by atoms with Crippen LogP contribution in [0.5, 0.6) is 0 Å². The van der Waals surface area contributed by atoms with Crippen molar-refractivity contribution in [2.45, 2.75) is 19.5 Å². The lowest BCUT2D eigenvalue weighted by molar-refractivity contribution is -0.385. The quantitative estimate of drug-likeness (QED) is 0.423. The molecule has 0 radical (unpaired) electrons. The van der Waals surface area contributed by atoms with Crippen LogP contribution in [0.4, 0.5) is 30.6 Å². The number of aromatic nitrogens is 2. The molecular weight excluding hydrogens is 269 g/mol. The van der Waals surface area contributed by atoms with Gasteiger partial charge in [0, 0.05) is 6.54 Å². The highest BCUT2D eigenvalue weighted by atomic mass is 19.4. The van der Waals surface area contributed by atoms with Crippen LogP contribution in [-0.2, 0) is 0 Å². The number of alkyl halides is 3.